The molecule has 3 fully saturated rings. The Bertz CT molecular complexity index is 1010. The van der Waals surface area contributed by atoms with Crippen LogP contribution >= 0.6 is 0 Å². The highest BCUT2D eigenvalue weighted by Gasteiger charge is 2.55. The van der Waals surface area contributed by atoms with Crippen molar-refractivity contribution in [2.45, 2.75) is 106 Å². The van der Waals surface area contributed by atoms with Gasteiger partial charge in [-0.3, -0.25) is 19.2 Å². The van der Waals surface area contributed by atoms with E-state index in [4.69, 9.17) is 18.9 Å². The zero-order chi connectivity index (χ0) is 32.9. The lowest BCUT2D eigenvalue weighted by molar-refractivity contribution is -0.338. The standard InChI is InChI=1S/C25H42N4O15/c1-9(34)26-4-12-18(37)22(13(5-30)29(12)8-33)43-25-17(28-11(3)36)21(40)23(15(7-32)42-25)44-24-16(27-10(2)35)20(39)19(38)14(6-31)41-24/h8,12-25,30-32,37-40H,4-7H2,1-3H3,(H,26,34)(H,27,35)(H,28,36)/t12-,13+,14+,15+,16+,17+,18+,19+,20+,21+,22+,23+,24-,25-/m0/s1. The Morgan fingerprint density at radius 1 is 0.705 bits per heavy atom. The number of carbonyl (C=O) groups excluding carboxylic acids is 4. The van der Waals surface area contributed by atoms with E-state index in [2.05, 4.69) is 16.0 Å². The van der Waals surface area contributed by atoms with E-state index in [1.165, 1.54) is 6.92 Å². The number of aliphatic hydroxyl groups excluding tert-OH is 7. The number of aliphatic hydroxyl groups is 7. The first kappa shape index (κ1) is 35.9. The monoisotopic (exact) mass is 638 g/mol. The average molecular weight is 639 g/mol. The fourth-order valence-electron chi connectivity index (χ4n) is 5.67. The van der Waals surface area contributed by atoms with Crippen LogP contribution < -0.4 is 16.0 Å². The Morgan fingerprint density at radius 2 is 1.23 bits per heavy atom. The minimum atomic E-state index is -1.75. The number of likely N-dealkylation sites (tertiary alicyclic amines) is 1. The fraction of sp³-hybridized carbons (Fsp3) is 0.840. The number of hydrogen-bond donors (Lipinski definition) is 10. The number of carbonyl (C=O) groups is 4. The normalized spacial score (nSPS) is 40.7. The van der Waals surface area contributed by atoms with Gasteiger partial charge in [-0.2, -0.15) is 0 Å². The maximum Gasteiger partial charge on any atom is 0.217 e. The second-order valence-corrected chi connectivity index (χ2v) is 10.9. The lowest BCUT2D eigenvalue weighted by Crippen LogP contribution is -2.69. The molecule has 14 atom stereocenters. The van der Waals surface area contributed by atoms with Crippen molar-refractivity contribution in [1.29, 1.82) is 0 Å². The van der Waals surface area contributed by atoms with Crippen molar-refractivity contribution in [2.75, 3.05) is 26.4 Å². The van der Waals surface area contributed by atoms with Crippen molar-refractivity contribution in [3.05, 3.63) is 0 Å². The van der Waals surface area contributed by atoms with Crippen LogP contribution in [0.15, 0.2) is 0 Å². The molecule has 3 aliphatic heterocycles. The maximum atomic E-state index is 12.1. The highest BCUT2D eigenvalue weighted by atomic mass is 16.7. The third-order valence-electron chi connectivity index (χ3n) is 7.80. The SMILES string of the molecule is CC(=O)NC[C@H]1[C@@H](O)[C@H](O[C@@H]2O[C@H](CO)[C@@H](O[C@@H]3O[C@H](CO)[C@@H](O)[C@H](O)[C@H]3NC(C)=O)[C@H](O)[C@H]2NC(C)=O)[C@@H](CO)N1C=O. The minimum Gasteiger partial charge on any atom is -0.394 e. The van der Waals surface area contributed by atoms with E-state index in [-0.39, 0.29) is 6.54 Å². The highest BCUT2D eigenvalue weighted by Crippen LogP contribution is 2.33. The molecule has 3 heterocycles. The largest absolute Gasteiger partial charge is 0.394 e. The van der Waals surface area contributed by atoms with Gasteiger partial charge in [-0.25, -0.2) is 0 Å². The quantitative estimate of drug-likeness (QED) is 0.0889. The van der Waals surface area contributed by atoms with Crippen LogP contribution in [0, 0.1) is 0 Å². The number of rotatable bonds is 12. The number of nitrogens with zero attached hydrogens (tertiary/aromatic N) is 1. The summed E-state index contributed by atoms with van der Waals surface area (Å²) in [6.07, 6.45) is -15.1. The molecule has 0 radical (unpaired) electrons. The van der Waals surface area contributed by atoms with Gasteiger partial charge in [0.1, 0.15) is 60.9 Å². The smallest absolute Gasteiger partial charge is 0.217 e. The second-order valence-electron chi connectivity index (χ2n) is 10.9. The average Bonchev–Trinajstić information content (AvgIpc) is 3.23. The van der Waals surface area contributed by atoms with E-state index in [9.17, 15) is 54.9 Å². The van der Waals surface area contributed by atoms with E-state index < -0.39 is 123 Å². The zero-order valence-corrected chi connectivity index (χ0v) is 24.3. The molecule has 3 saturated heterocycles. The molecule has 0 spiro atoms. The molecule has 19 heteroatoms. The van der Waals surface area contributed by atoms with Crippen LogP contribution in [0.4, 0.5) is 0 Å². The van der Waals surface area contributed by atoms with Gasteiger partial charge in [-0.1, -0.05) is 0 Å². The van der Waals surface area contributed by atoms with Crippen LogP contribution in [-0.4, -0.2) is 177 Å². The Balaban J connectivity index is 1.89. The molecule has 3 aliphatic rings. The van der Waals surface area contributed by atoms with Gasteiger partial charge in [0.2, 0.25) is 24.1 Å². The second kappa shape index (κ2) is 15.6. The lowest BCUT2D eigenvalue weighted by atomic mass is 9.94. The van der Waals surface area contributed by atoms with Crippen molar-refractivity contribution in [3.63, 3.8) is 0 Å². The number of ether oxygens (including phenoxy) is 4. The van der Waals surface area contributed by atoms with Gasteiger partial charge in [0.15, 0.2) is 12.6 Å². The molecule has 0 unspecified atom stereocenters. The van der Waals surface area contributed by atoms with Gasteiger partial charge in [0.05, 0.1) is 31.9 Å². The molecule has 0 bridgehead atoms. The first-order valence-corrected chi connectivity index (χ1v) is 14.0. The maximum absolute atomic E-state index is 12.1. The summed E-state index contributed by atoms with van der Waals surface area (Å²) in [5, 5.41) is 80.4. The summed E-state index contributed by atoms with van der Waals surface area (Å²) in [7, 11) is 0. The van der Waals surface area contributed by atoms with Gasteiger partial charge < -0.3 is 75.5 Å². The molecule has 44 heavy (non-hydrogen) atoms. The third-order valence-corrected chi connectivity index (χ3v) is 7.80. The molecular formula is C25H42N4O15. The summed E-state index contributed by atoms with van der Waals surface area (Å²) in [5.74, 6) is -1.75. The minimum absolute atomic E-state index is 0.184. The third kappa shape index (κ3) is 7.80. The summed E-state index contributed by atoms with van der Waals surface area (Å²) >= 11 is 0. The van der Waals surface area contributed by atoms with Crippen LogP contribution in [0.2, 0.25) is 0 Å². The number of nitrogens with one attached hydrogen (secondary N) is 3. The van der Waals surface area contributed by atoms with Crippen molar-refractivity contribution in [3.8, 4) is 0 Å². The molecule has 3 rings (SSSR count). The van der Waals surface area contributed by atoms with Crippen LogP contribution in [0.25, 0.3) is 0 Å². The summed E-state index contributed by atoms with van der Waals surface area (Å²) in [6, 6.07) is -5.03. The Morgan fingerprint density at radius 3 is 1.70 bits per heavy atom. The van der Waals surface area contributed by atoms with Crippen molar-refractivity contribution in [1.82, 2.24) is 20.9 Å². The van der Waals surface area contributed by atoms with Gasteiger partial charge in [-0.05, 0) is 0 Å². The van der Waals surface area contributed by atoms with E-state index in [1.54, 1.807) is 0 Å². The van der Waals surface area contributed by atoms with Crippen LogP contribution in [0.1, 0.15) is 20.8 Å². The first-order chi connectivity index (χ1) is 20.8. The molecule has 252 valence electrons. The molecule has 0 aromatic heterocycles. The number of amides is 4. The zero-order valence-electron chi connectivity index (χ0n) is 24.3. The Kier molecular flexibility index (Phi) is 12.8. The molecule has 0 aromatic rings. The van der Waals surface area contributed by atoms with E-state index in [0.29, 0.717) is 6.41 Å². The van der Waals surface area contributed by atoms with Gasteiger partial charge in [0, 0.05) is 27.3 Å². The summed E-state index contributed by atoms with van der Waals surface area (Å²) in [6.45, 7) is 1.04. The van der Waals surface area contributed by atoms with Gasteiger partial charge in [-0.15, -0.1) is 0 Å². The molecule has 0 aliphatic carbocycles. The predicted molar refractivity (Wildman–Crippen MR) is 142 cm³/mol. The van der Waals surface area contributed by atoms with Crippen molar-refractivity contribution in [2.24, 2.45) is 0 Å². The molecule has 0 saturated carbocycles. The molecule has 19 nitrogen and oxygen atoms in total. The summed E-state index contributed by atoms with van der Waals surface area (Å²) < 4.78 is 23.2. The topological polar surface area (TPSA) is 286 Å². The van der Waals surface area contributed by atoms with Gasteiger partial charge in [0.25, 0.3) is 0 Å². The summed E-state index contributed by atoms with van der Waals surface area (Å²) in [4.78, 5) is 48.3. The van der Waals surface area contributed by atoms with Crippen molar-refractivity contribution < 1.29 is 73.9 Å². The first-order valence-electron chi connectivity index (χ1n) is 14.0. The molecule has 4 amide bonds. The van der Waals surface area contributed by atoms with Crippen molar-refractivity contribution >= 4 is 24.1 Å². The van der Waals surface area contributed by atoms with Crippen LogP contribution in [0.5, 0.6) is 0 Å². The van der Waals surface area contributed by atoms with Crippen LogP contribution in [0.3, 0.4) is 0 Å². The van der Waals surface area contributed by atoms with Crippen LogP contribution in [-0.2, 0) is 38.1 Å². The predicted octanol–water partition coefficient (Wildman–Crippen LogP) is -7.02. The Hall–Kier alpha value is -2.56. The molecular weight excluding hydrogens is 596 g/mol. The lowest BCUT2D eigenvalue weighted by Gasteiger charge is -2.48. The fourth-order valence-corrected chi connectivity index (χ4v) is 5.67. The van der Waals surface area contributed by atoms with E-state index in [1.807, 2.05) is 0 Å². The molecule has 10 N–H and O–H groups in total. The highest BCUT2D eigenvalue weighted by molar-refractivity contribution is 5.74. The molecule has 0 aromatic carbocycles. The summed E-state index contributed by atoms with van der Waals surface area (Å²) in [5.41, 5.74) is 0. The van der Waals surface area contributed by atoms with E-state index in [0.717, 1.165) is 18.7 Å². The van der Waals surface area contributed by atoms with Gasteiger partial charge >= 0.3 is 0 Å². The van der Waals surface area contributed by atoms with E-state index >= 15 is 0 Å². The Labute approximate surface area is 252 Å². The number of hydrogen-bond acceptors (Lipinski definition) is 15.